The van der Waals surface area contributed by atoms with Gasteiger partial charge in [0.2, 0.25) is 0 Å². The molecule has 0 amide bonds. The lowest BCUT2D eigenvalue weighted by Crippen LogP contribution is -2.36. The van der Waals surface area contributed by atoms with E-state index in [1.807, 2.05) is 25.1 Å². The van der Waals surface area contributed by atoms with Crippen LogP contribution in [0.3, 0.4) is 0 Å². The van der Waals surface area contributed by atoms with Gasteiger partial charge >= 0.3 is 0 Å². The molecule has 2 atom stereocenters. The maximum Gasteiger partial charge on any atom is 0.257 e. The molecule has 19 heavy (non-hydrogen) atoms. The van der Waals surface area contributed by atoms with Gasteiger partial charge in [-0.2, -0.15) is 0 Å². The number of ether oxygens (including phenoxy) is 1. The first kappa shape index (κ1) is 16.1. The topological polar surface area (TPSA) is 52.6 Å². The minimum absolute atomic E-state index is 0.213. The lowest BCUT2D eigenvalue weighted by Gasteiger charge is -2.32. The Labute approximate surface area is 116 Å². The molecular formula is C14H22O4S. The highest BCUT2D eigenvalue weighted by molar-refractivity contribution is 7.67. The van der Waals surface area contributed by atoms with Crippen LogP contribution in [0.4, 0.5) is 0 Å². The quantitative estimate of drug-likeness (QED) is 0.844. The van der Waals surface area contributed by atoms with Gasteiger partial charge in [0.25, 0.3) is 11.0 Å². The molecule has 0 spiro atoms. The third-order valence-electron chi connectivity index (χ3n) is 3.12. The largest absolute Gasteiger partial charge is 0.378 e. The van der Waals surface area contributed by atoms with Crippen LogP contribution in [-0.4, -0.2) is 27.7 Å². The molecule has 1 heterocycles. The van der Waals surface area contributed by atoms with Crippen molar-refractivity contribution in [3.63, 3.8) is 0 Å². The molecule has 0 radical (unpaired) electrons. The van der Waals surface area contributed by atoms with Crippen molar-refractivity contribution in [2.24, 2.45) is 5.92 Å². The van der Waals surface area contributed by atoms with Crippen molar-refractivity contribution < 1.29 is 17.3 Å². The molecule has 0 aromatic heterocycles. The van der Waals surface area contributed by atoms with Crippen LogP contribution in [0.25, 0.3) is 0 Å². The van der Waals surface area contributed by atoms with Gasteiger partial charge < -0.3 is 4.74 Å². The third kappa shape index (κ3) is 6.71. The zero-order valence-corrected chi connectivity index (χ0v) is 12.3. The Balaban J connectivity index is 0.000000218. The first-order valence-electron chi connectivity index (χ1n) is 6.54. The van der Waals surface area contributed by atoms with Gasteiger partial charge in [-0.15, -0.1) is 0 Å². The van der Waals surface area contributed by atoms with Crippen LogP contribution in [0.2, 0.25) is 0 Å². The molecule has 2 rings (SSSR count). The predicted octanol–water partition coefficient (Wildman–Crippen LogP) is 2.34. The summed E-state index contributed by atoms with van der Waals surface area (Å²) in [6, 6.07) is 10.3. The van der Waals surface area contributed by atoms with Crippen molar-refractivity contribution in [1.29, 1.82) is 0 Å². The van der Waals surface area contributed by atoms with Crippen LogP contribution in [0, 0.1) is 12.8 Å². The maximum absolute atomic E-state index is 10.1. The molecule has 0 N–H and O–H groups in total. The van der Waals surface area contributed by atoms with E-state index in [0.717, 1.165) is 19.4 Å². The molecule has 5 heteroatoms. The maximum atomic E-state index is 10.1. The van der Waals surface area contributed by atoms with Crippen LogP contribution in [0.15, 0.2) is 30.3 Å². The highest BCUT2D eigenvalue weighted by atomic mass is 32.2. The summed E-state index contributed by atoms with van der Waals surface area (Å²) in [7, 11) is -2.70. The second kappa shape index (κ2) is 9.07. The van der Waals surface area contributed by atoms with Crippen LogP contribution < -0.4 is 0 Å². The van der Waals surface area contributed by atoms with Crippen LogP contribution in [0.1, 0.15) is 25.3 Å². The van der Waals surface area contributed by atoms with Crippen molar-refractivity contribution in [1.82, 2.24) is 0 Å². The highest BCUT2D eigenvalue weighted by Gasteiger charge is 2.27. The molecule has 0 saturated carbocycles. The molecule has 1 aliphatic heterocycles. The molecule has 1 aromatic rings. The average Bonchev–Trinajstić information content (AvgIpc) is 2.33. The number of thiol groups is 1. The summed E-state index contributed by atoms with van der Waals surface area (Å²) >= 11 is 0. The lowest BCUT2D eigenvalue weighted by molar-refractivity contribution is -0.0929. The minimum atomic E-state index is -2.70. The van der Waals surface area contributed by atoms with Gasteiger partial charge in [0.15, 0.2) is 0 Å². The minimum Gasteiger partial charge on any atom is -0.378 e. The Kier molecular flexibility index (Phi) is 7.70. The summed E-state index contributed by atoms with van der Waals surface area (Å²) in [5.41, 5.74) is 1.32. The van der Waals surface area contributed by atoms with Crippen molar-refractivity contribution in [2.45, 2.75) is 32.8 Å². The van der Waals surface area contributed by atoms with E-state index in [-0.39, 0.29) is 18.6 Å². The summed E-state index contributed by atoms with van der Waals surface area (Å²) < 4.78 is 30.0. The van der Waals surface area contributed by atoms with E-state index in [2.05, 4.69) is 23.2 Å². The molecule has 1 aromatic carbocycles. The fourth-order valence-corrected chi connectivity index (χ4v) is 2.12. The monoisotopic (exact) mass is 286 g/mol. The number of benzene rings is 1. The molecule has 0 aliphatic carbocycles. The molecule has 4 nitrogen and oxygen atoms in total. The van der Waals surface area contributed by atoms with E-state index < -0.39 is 11.0 Å². The molecule has 1 saturated heterocycles. The highest BCUT2D eigenvalue weighted by Crippen LogP contribution is 2.23. The molecule has 0 bridgehead atoms. The first-order chi connectivity index (χ1) is 9.13. The van der Waals surface area contributed by atoms with Gasteiger partial charge in [0.1, 0.15) is 0 Å². The Morgan fingerprint density at radius 1 is 1.37 bits per heavy atom. The lowest BCUT2D eigenvalue weighted by atomic mass is 9.95. The molecule has 1 fully saturated rings. The van der Waals surface area contributed by atoms with Gasteiger partial charge in [-0.25, -0.2) is 8.42 Å². The molecular weight excluding hydrogens is 264 g/mol. The van der Waals surface area contributed by atoms with Gasteiger partial charge in [-0.05, 0) is 19.8 Å². The van der Waals surface area contributed by atoms with Crippen LogP contribution in [-0.2, 0) is 19.9 Å². The number of hydrogen-bond donors (Lipinski definition) is 1. The van der Waals surface area contributed by atoms with Crippen molar-refractivity contribution in [3.8, 4) is 0 Å². The molecule has 2 unspecified atom stereocenters. The second-order valence-corrected chi connectivity index (χ2v) is 5.25. The van der Waals surface area contributed by atoms with E-state index in [1.165, 1.54) is 5.56 Å². The van der Waals surface area contributed by atoms with E-state index in [0.29, 0.717) is 0 Å². The summed E-state index contributed by atoms with van der Waals surface area (Å²) in [6.07, 6.45) is 2.13. The third-order valence-corrected chi connectivity index (χ3v) is 3.48. The smallest absolute Gasteiger partial charge is 0.257 e. The van der Waals surface area contributed by atoms with E-state index in [4.69, 9.17) is 4.74 Å². The van der Waals surface area contributed by atoms with Gasteiger partial charge in [-0.3, -0.25) is 4.18 Å². The Morgan fingerprint density at radius 2 is 2.00 bits per heavy atom. The average molecular weight is 286 g/mol. The van der Waals surface area contributed by atoms with Gasteiger partial charge in [-0.1, -0.05) is 42.8 Å². The van der Waals surface area contributed by atoms with E-state index in [1.54, 1.807) is 0 Å². The van der Waals surface area contributed by atoms with E-state index >= 15 is 0 Å². The Morgan fingerprint density at radius 3 is 2.32 bits per heavy atom. The van der Waals surface area contributed by atoms with Gasteiger partial charge in [0.05, 0.1) is 12.7 Å². The SMILES string of the molecule is CCC(CO[SH](=O)=O)C1CCO1.Cc1ccccc1. The number of aryl methyl sites for hydroxylation is 1. The molecule has 1 aliphatic rings. The molecule has 108 valence electrons. The van der Waals surface area contributed by atoms with E-state index in [9.17, 15) is 8.42 Å². The zero-order valence-electron chi connectivity index (χ0n) is 11.5. The number of rotatable bonds is 5. The second-order valence-electron chi connectivity index (χ2n) is 4.54. The van der Waals surface area contributed by atoms with Crippen LogP contribution in [0.5, 0.6) is 0 Å². The fraction of sp³-hybridized carbons (Fsp3) is 0.571. The fourth-order valence-electron chi connectivity index (χ4n) is 1.80. The summed E-state index contributed by atoms with van der Waals surface area (Å²) in [5, 5.41) is 0. The van der Waals surface area contributed by atoms with Gasteiger partial charge in [0, 0.05) is 12.5 Å². The van der Waals surface area contributed by atoms with Crippen molar-refractivity contribution in [3.05, 3.63) is 35.9 Å². The van der Waals surface area contributed by atoms with Crippen LogP contribution >= 0.6 is 0 Å². The van der Waals surface area contributed by atoms with Crippen molar-refractivity contribution in [2.75, 3.05) is 13.2 Å². The number of hydrogen-bond acceptors (Lipinski definition) is 4. The standard InChI is InChI=1S/C7H14O4S.C7H8/c1-2-6(5-11-12(8)9)7-3-4-10-7;1-7-5-3-2-4-6-7/h6-7,12H,2-5H2,1H3;2-6H,1H3. The summed E-state index contributed by atoms with van der Waals surface area (Å²) in [4.78, 5) is 0. The summed E-state index contributed by atoms with van der Waals surface area (Å²) in [5.74, 6) is 0.228. The Hall–Kier alpha value is -0.910. The summed E-state index contributed by atoms with van der Waals surface area (Å²) in [6.45, 7) is 5.15. The predicted molar refractivity (Wildman–Crippen MR) is 75.6 cm³/mol. The first-order valence-corrected chi connectivity index (χ1v) is 7.63. The normalized spacial score (nSPS) is 19.2. The van der Waals surface area contributed by atoms with Crippen molar-refractivity contribution >= 4 is 11.0 Å². The zero-order chi connectivity index (χ0) is 14.1. The Bertz CT molecular complexity index is 405.